The molecule has 1 aliphatic heterocycles. The van der Waals surface area contributed by atoms with Gasteiger partial charge in [-0.15, -0.1) is 0 Å². The Bertz CT molecular complexity index is 1150. The Morgan fingerprint density at radius 1 is 1.08 bits per heavy atom. The maximum absolute atomic E-state index is 12.9. The van der Waals surface area contributed by atoms with Gasteiger partial charge >= 0.3 is 0 Å². The number of methoxy groups -OCH3 is 1. The zero-order chi connectivity index (χ0) is 25.3. The molecular weight excluding hydrogens is 497 g/mol. The molecule has 1 amide bonds. The van der Waals surface area contributed by atoms with Crippen LogP contribution in [0.15, 0.2) is 60.8 Å². The molecule has 0 saturated carbocycles. The lowest BCUT2D eigenvalue weighted by Crippen LogP contribution is -2.38. The van der Waals surface area contributed by atoms with Crippen LogP contribution in [0.4, 0.5) is 0 Å². The van der Waals surface area contributed by atoms with Crippen LogP contribution in [0.2, 0.25) is 10.0 Å². The number of ether oxygens (including phenoxy) is 2. The summed E-state index contributed by atoms with van der Waals surface area (Å²) in [5.74, 6) is 1.46. The van der Waals surface area contributed by atoms with Crippen LogP contribution in [0.25, 0.3) is 0 Å². The number of piperidine rings is 1. The van der Waals surface area contributed by atoms with Gasteiger partial charge in [-0.2, -0.15) is 0 Å². The number of amides is 1. The quantitative estimate of drug-likeness (QED) is 0.368. The molecule has 2 heterocycles. The van der Waals surface area contributed by atoms with Gasteiger partial charge in [-0.3, -0.25) is 14.7 Å². The number of benzene rings is 2. The van der Waals surface area contributed by atoms with E-state index in [2.05, 4.69) is 21.3 Å². The smallest absolute Gasteiger partial charge is 0.251 e. The van der Waals surface area contributed by atoms with E-state index < -0.39 is 0 Å². The molecule has 3 aromatic rings. The van der Waals surface area contributed by atoms with Crippen molar-refractivity contribution in [1.29, 1.82) is 0 Å². The van der Waals surface area contributed by atoms with Crippen LogP contribution in [0.1, 0.15) is 34.5 Å². The van der Waals surface area contributed by atoms with Crippen LogP contribution in [-0.4, -0.2) is 49.1 Å². The van der Waals surface area contributed by atoms with Crippen LogP contribution < -0.4 is 14.8 Å². The zero-order valence-corrected chi connectivity index (χ0v) is 21.9. The van der Waals surface area contributed by atoms with Crippen molar-refractivity contribution in [2.45, 2.75) is 25.8 Å². The van der Waals surface area contributed by atoms with Crippen molar-refractivity contribution in [2.24, 2.45) is 5.92 Å². The van der Waals surface area contributed by atoms with Crippen molar-refractivity contribution in [1.82, 2.24) is 15.2 Å². The molecule has 190 valence electrons. The van der Waals surface area contributed by atoms with E-state index in [9.17, 15) is 4.79 Å². The first-order chi connectivity index (χ1) is 17.5. The van der Waals surface area contributed by atoms with Crippen molar-refractivity contribution in [2.75, 3.05) is 33.4 Å². The first-order valence-electron chi connectivity index (χ1n) is 12.2. The van der Waals surface area contributed by atoms with Gasteiger partial charge in [-0.05, 0) is 79.9 Å². The van der Waals surface area contributed by atoms with Crippen molar-refractivity contribution < 1.29 is 14.3 Å². The summed E-state index contributed by atoms with van der Waals surface area (Å²) in [4.78, 5) is 19.7. The molecule has 1 saturated heterocycles. The third-order valence-electron chi connectivity index (χ3n) is 6.44. The summed E-state index contributed by atoms with van der Waals surface area (Å²) < 4.78 is 11.4. The normalized spacial score (nSPS) is 14.4. The van der Waals surface area contributed by atoms with Crippen LogP contribution >= 0.6 is 23.2 Å². The number of hydrogen-bond donors (Lipinski definition) is 1. The Morgan fingerprint density at radius 3 is 2.64 bits per heavy atom. The molecule has 8 heteroatoms. The lowest BCUT2D eigenvalue weighted by molar-refractivity contribution is 0.0934. The third-order valence-corrected chi connectivity index (χ3v) is 7.03. The number of rotatable bonds is 10. The van der Waals surface area contributed by atoms with Gasteiger partial charge in [0.1, 0.15) is 0 Å². The second-order valence-corrected chi connectivity index (χ2v) is 9.79. The predicted molar refractivity (Wildman–Crippen MR) is 143 cm³/mol. The standard InChI is InChI=1S/C28H31Cl2N3O3/c1-35-26-8-6-22(16-27(26)36-15-11-21-5-7-23(29)17-25(21)30)28(34)32-18-20-9-13-33(14-10-20)19-24-4-2-3-12-31-24/h2-8,12,16-17,20H,9-11,13-15,18-19H2,1H3,(H,32,34). The molecule has 0 spiro atoms. The lowest BCUT2D eigenvalue weighted by Gasteiger charge is -2.31. The van der Waals surface area contributed by atoms with E-state index in [4.69, 9.17) is 32.7 Å². The van der Waals surface area contributed by atoms with Gasteiger partial charge in [-0.1, -0.05) is 35.3 Å². The minimum atomic E-state index is -0.112. The first-order valence-corrected chi connectivity index (χ1v) is 12.9. The van der Waals surface area contributed by atoms with Gasteiger partial charge in [0.25, 0.3) is 5.91 Å². The minimum Gasteiger partial charge on any atom is -0.493 e. The van der Waals surface area contributed by atoms with E-state index in [1.54, 1.807) is 37.4 Å². The summed E-state index contributed by atoms with van der Waals surface area (Å²) in [6.45, 7) is 3.94. The molecule has 0 atom stereocenters. The SMILES string of the molecule is COc1ccc(C(=O)NCC2CCN(Cc3ccccn3)CC2)cc1OCCc1ccc(Cl)cc1Cl. The molecule has 36 heavy (non-hydrogen) atoms. The molecule has 0 aliphatic carbocycles. The summed E-state index contributed by atoms with van der Waals surface area (Å²) in [6.07, 6.45) is 4.55. The highest BCUT2D eigenvalue weighted by Gasteiger charge is 2.20. The Balaban J connectivity index is 1.26. The fraction of sp³-hybridized carbons (Fsp3) is 0.357. The summed E-state index contributed by atoms with van der Waals surface area (Å²) in [5.41, 5.74) is 2.58. The van der Waals surface area contributed by atoms with Crippen molar-refractivity contribution in [3.63, 3.8) is 0 Å². The summed E-state index contributed by atoms with van der Waals surface area (Å²) >= 11 is 12.2. The summed E-state index contributed by atoms with van der Waals surface area (Å²) in [6, 6.07) is 16.7. The monoisotopic (exact) mass is 527 g/mol. The highest BCUT2D eigenvalue weighted by Crippen LogP contribution is 2.29. The van der Waals surface area contributed by atoms with Crippen LogP contribution in [-0.2, 0) is 13.0 Å². The number of halogens is 2. The summed E-state index contributed by atoms with van der Waals surface area (Å²) in [7, 11) is 1.58. The van der Waals surface area contributed by atoms with Crippen molar-refractivity contribution in [3.05, 3.63) is 87.7 Å². The molecule has 0 unspecified atom stereocenters. The Morgan fingerprint density at radius 2 is 1.92 bits per heavy atom. The Hall–Kier alpha value is -2.80. The van der Waals surface area contributed by atoms with E-state index in [1.807, 2.05) is 24.4 Å². The number of nitrogens with one attached hydrogen (secondary N) is 1. The van der Waals surface area contributed by atoms with E-state index in [0.29, 0.717) is 52.6 Å². The number of nitrogens with zero attached hydrogens (tertiary/aromatic N) is 2. The predicted octanol–water partition coefficient (Wildman–Crippen LogP) is 5.66. The van der Waals surface area contributed by atoms with Crippen molar-refractivity contribution in [3.8, 4) is 11.5 Å². The van der Waals surface area contributed by atoms with Gasteiger partial charge < -0.3 is 14.8 Å². The third kappa shape index (κ3) is 7.36. The second-order valence-electron chi connectivity index (χ2n) is 8.95. The number of hydrogen-bond acceptors (Lipinski definition) is 5. The largest absolute Gasteiger partial charge is 0.493 e. The molecule has 1 aromatic heterocycles. The zero-order valence-electron chi connectivity index (χ0n) is 20.4. The van der Waals surface area contributed by atoms with Gasteiger partial charge in [0.05, 0.1) is 19.4 Å². The van der Waals surface area contributed by atoms with Gasteiger partial charge in [0, 0.05) is 41.3 Å². The number of carbonyl (C=O) groups is 1. The molecule has 0 bridgehead atoms. The molecule has 1 N–H and O–H groups in total. The maximum Gasteiger partial charge on any atom is 0.251 e. The Kier molecular flexibility index (Phi) is 9.45. The maximum atomic E-state index is 12.9. The minimum absolute atomic E-state index is 0.112. The molecular formula is C28H31Cl2N3O3. The van der Waals surface area contributed by atoms with Gasteiger partial charge in [0.15, 0.2) is 11.5 Å². The molecule has 2 aromatic carbocycles. The first kappa shape index (κ1) is 26.3. The molecule has 0 radical (unpaired) electrons. The number of aromatic nitrogens is 1. The number of likely N-dealkylation sites (tertiary alicyclic amines) is 1. The van der Waals surface area contributed by atoms with E-state index in [-0.39, 0.29) is 5.91 Å². The van der Waals surface area contributed by atoms with E-state index >= 15 is 0 Å². The van der Waals surface area contributed by atoms with E-state index in [0.717, 1.165) is 43.7 Å². The average Bonchev–Trinajstić information content (AvgIpc) is 2.90. The number of carbonyl (C=O) groups excluding carboxylic acids is 1. The van der Waals surface area contributed by atoms with Gasteiger partial charge in [-0.25, -0.2) is 0 Å². The molecule has 1 fully saturated rings. The number of pyridine rings is 1. The van der Waals surface area contributed by atoms with Gasteiger partial charge in [0.2, 0.25) is 0 Å². The van der Waals surface area contributed by atoms with Crippen LogP contribution in [0.5, 0.6) is 11.5 Å². The van der Waals surface area contributed by atoms with Crippen LogP contribution in [0, 0.1) is 5.92 Å². The van der Waals surface area contributed by atoms with Crippen molar-refractivity contribution >= 4 is 29.1 Å². The van der Waals surface area contributed by atoms with E-state index in [1.165, 1.54) is 0 Å². The highest BCUT2D eigenvalue weighted by molar-refractivity contribution is 6.35. The lowest BCUT2D eigenvalue weighted by atomic mass is 9.96. The van der Waals surface area contributed by atoms with Crippen LogP contribution in [0.3, 0.4) is 0 Å². The summed E-state index contributed by atoms with van der Waals surface area (Å²) in [5, 5.41) is 4.30. The second kappa shape index (κ2) is 12.9. The average molecular weight is 528 g/mol. The topological polar surface area (TPSA) is 63.7 Å². The molecule has 6 nitrogen and oxygen atoms in total. The fourth-order valence-electron chi connectivity index (χ4n) is 4.33. The molecule has 4 rings (SSSR count). The molecule has 1 aliphatic rings. The Labute approximate surface area is 222 Å². The highest BCUT2D eigenvalue weighted by atomic mass is 35.5. The fourth-order valence-corrected chi connectivity index (χ4v) is 4.84.